The van der Waals surface area contributed by atoms with E-state index in [-0.39, 0.29) is 12.3 Å². The molecule has 0 bridgehead atoms. The van der Waals surface area contributed by atoms with Crippen molar-refractivity contribution in [2.45, 2.75) is 135 Å². The van der Waals surface area contributed by atoms with E-state index in [1.807, 2.05) is 12.1 Å². The van der Waals surface area contributed by atoms with Crippen molar-refractivity contribution in [3.8, 4) is 5.88 Å². The van der Waals surface area contributed by atoms with Gasteiger partial charge in [0.1, 0.15) is 0 Å². The number of anilines is 2. The first-order chi connectivity index (χ1) is 26.1. The number of imide groups is 1. The lowest BCUT2D eigenvalue weighted by atomic mass is 10.0. The second kappa shape index (κ2) is 23.2. The number of aromatic nitrogens is 1. The van der Waals surface area contributed by atoms with Gasteiger partial charge in [-0.25, -0.2) is 4.79 Å². The van der Waals surface area contributed by atoms with Crippen molar-refractivity contribution in [3.05, 3.63) is 60.2 Å². The standard InChI is InChI=1S/C45H66N4O4/c1-2-3-4-5-6-7-8-9-10-11-12-13-14-15-16-20-37-53-45(51)49-43(50)30-28-39-27-29-42(46-44(39)49)52-36-21-19-31-47-32-34-48(35-33-47)41-26-22-24-38-23-17-18-25-40(38)41/h17-18,22-27,29H,2-16,19-21,28,30-37H2,1H3. The molecular formula is C45H66N4O4. The quantitative estimate of drug-likeness (QED) is 0.0851. The maximum atomic E-state index is 13.0. The van der Waals surface area contributed by atoms with Crippen LogP contribution in [0.3, 0.4) is 0 Å². The van der Waals surface area contributed by atoms with E-state index >= 15 is 0 Å². The number of fused-ring (bicyclic) bond motifs is 2. The largest absolute Gasteiger partial charge is 0.478 e. The highest BCUT2D eigenvalue weighted by atomic mass is 16.6. The van der Waals surface area contributed by atoms with Crippen LogP contribution in [0.2, 0.25) is 0 Å². The van der Waals surface area contributed by atoms with E-state index in [2.05, 4.69) is 64.2 Å². The molecule has 2 aliphatic heterocycles. The Kier molecular flexibility index (Phi) is 17.7. The average Bonchev–Trinajstić information content (AvgIpc) is 3.18. The van der Waals surface area contributed by atoms with Crippen LogP contribution < -0.4 is 14.5 Å². The van der Waals surface area contributed by atoms with Gasteiger partial charge in [-0.3, -0.25) is 9.69 Å². The average molecular weight is 727 g/mol. The number of carbonyl (C=O) groups is 2. The number of piperazine rings is 1. The Bertz CT molecular complexity index is 1520. The number of aryl methyl sites for hydroxylation is 1. The van der Waals surface area contributed by atoms with Gasteiger partial charge < -0.3 is 14.4 Å². The van der Waals surface area contributed by atoms with Gasteiger partial charge in [-0.2, -0.15) is 9.88 Å². The molecule has 5 rings (SSSR count). The molecule has 0 atom stereocenters. The predicted octanol–water partition coefficient (Wildman–Crippen LogP) is 10.9. The predicted molar refractivity (Wildman–Crippen MR) is 218 cm³/mol. The zero-order valence-corrected chi connectivity index (χ0v) is 32.7. The van der Waals surface area contributed by atoms with Crippen LogP contribution in [0.4, 0.5) is 16.3 Å². The highest BCUT2D eigenvalue weighted by Crippen LogP contribution is 2.30. The summed E-state index contributed by atoms with van der Waals surface area (Å²) in [6, 6.07) is 19.0. The highest BCUT2D eigenvalue weighted by Gasteiger charge is 2.32. The zero-order chi connectivity index (χ0) is 36.9. The molecule has 8 nitrogen and oxygen atoms in total. The highest BCUT2D eigenvalue weighted by molar-refractivity contribution is 6.13. The summed E-state index contributed by atoms with van der Waals surface area (Å²) in [5.74, 6) is 0.539. The Morgan fingerprint density at radius 1 is 0.660 bits per heavy atom. The lowest BCUT2D eigenvalue weighted by molar-refractivity contribution is -0.118. The van der Waals surface area contributed by atoms with E-state index in [1.54, 1.807) is 0 Å². The normalized spacial score (nSPS) is 14.8. The number of nitrogens with zero attached hydrogens (tertiary/aromatic N) is 4. The van der Waals surface area contributed by atoms with Crippen molar-refractivity contribution in [2.24, 2.45) is 0 Å². The Morgan fingerprint density at radius 2 is 1.28 bits per heavy atom. The van der Waals surface area contributed by atoms with Gasteiger partial charge in [0.2, 0.25) is 11.8 Å². The van der Waals surface area contributed by atoms with Crippen LogP contribution in [0.25, 0.3) is 10.8 Å². The summed E-state index contributed by atoms with van der Waals surface area (Å²) in [5, 5.41) is 2.62. The van der Waals surface area contributed by atoms with Crippen LogP contribution in [0, 0.1) is 0 Å². The Morgan fingerprint density at radius 3 is 1.98 bits per heavy atom. The molecule has 2 aliphatic rings. The van der Waals surface area contributed by atoms with E-state index in [1.165, 1.54) is 99.9 Å². The number of pyridine rings is 1. The van der Waals surface area contributed by atoms with Crippen LogP contribution in [0.1, 0.15) is 134 Å². The fourth-order valence-electron chi connectivity index (χ4n) is 7.77. The number of carbonyl (C=O) groups excluding carboxylic acids is 2. The van der Waals surface area contributed by atoms with Crippen molar-refractivity contribution in [1.82, 2.24) is 9.88 Å². The molecule has 1 saturated heterocycles. The van der Waals surface area contributed by atoms with Gasteiger partial charge >= 0.3 is 6.09 Å². The monoisotopic (exact) mass is 727 g/mol. The number of hydrogen-bond donors (Lipinski definition) is 0. The van der Waals surface area contributed by atoms with Gasteiger partial charge in [-0.15, -0.1) is 0 Å². The first-order valence-corrected chi connectivity index (χ1v) is 21.2. The molecule has 8 heteroatoms. The summed E-state index contributed by atoms with van der Waals surface area (Å²) in [4.78, 5) is 36.7. The fraction of sp³-hybridized carbons (Fsp3) is 0.622. The number of rotatable bonds is 24. The molecule has 1 aromatic heterocycles. The number of amides is 2. The minimum Gasteiger partial charge on any atom is -0.478 e. The molecule has 0 N–H and O–H groups in total. The topological polar surface area (TPSA) is 75.2 Å². The molecule has 0 saturated carbocycles. The van der Waals surface area contributed by atoms with Crippen molar-refractivity contribution in [2.75, 3.05) is 55.7 Å². The first kappa shape index (κ1) is 40.5. The minimum atomic E-state index is -0.623. The molecule has 0 aliphatic carbocycles. The van der Waals surface area contributed by atoms with Crippen LogP contribution in [-0.4, -0.2) is 67.8 Å². The molecule has 1 fully saturated rings. The van der Waals surface area contributed by atoms with E-state index in [4.69, 9.17) is 9.47 Å². The van der Waals surface area contributed by atoms with Crippen molar-refractivity contribution in [3.63, 3.8) is 0 Å². The molecule has 0 spiro atoms. The molecule has 3 heterocycles. The summed E-state index contributed by atoms with van der Waals surface area (Å²) < 4.78 is 11.6. The summed E-state index contributed by atoms with van der Waals surface area (Å²) >= 11 is 0. The summed E-state index contributed by atoms with van der Waals surface area (Å²) in [7, 11) is 0. The second-order valence-electron chi connectivity index (χ2n) is 15.2. The molecule has 290 valence electrons. The minimum absolute atomic E-state index is 0.264. The molecule has 0 radical (unpaired) electrons. The lowest BCUT2D eigenvalue weighted by Crippen LogP contribution is -2.46. The number of ether oxygens (including phenoxy) is 2. The molecule has 2 aromatic carbocycles. The maximum absolute atomic E-state index is 13.0. The smallest absolute Gasteiger partial charge is 0.422 e. The molecule has 3 aromatic rings. The van der Waals surface area contributed by atoms with Gasteiger partial charge in [-0.1, -0.05) is 140 Å². The van der Waals surface area contributed by atoms with E-state index < -0.39 is 6.09 Å². The fourth-order valence-corrected chi connectivity index (χ4v) is 7.77. The van der Waals surface area contributed by atoms with Crippen molar-refractivity contribution < 1.29 is 19.1 Å². The van der Waals surface area contributed by atoms with Crippen LogP contribution in [-0.2, 0) is 16.0 Å². The van der Waals surface area contributed by atoms with Crippen LogP contribution >= 0.6 is 0 Å². The van der Waals surface area contributed by atoms with Crippen molar-refractivity contribution >= 4 is 34.3 Å². The van der Waals surface area contributed by atoms with Gasteiger partial charge in [0.15, 0.2) is 5.82 Å². The van der Waals surface area contributed by atoms with E-state index in [0.717, 1.165) is 75.3 Å². The number of hydrogen-bond acceptors (Lipinski definition) is 7. The third-order valence-corrected chi connectivity index (χ3v) is 11.0. The van der Waals surface area contributed by atoms with Gasteiger partial charge in [0, 0.05) is 49.7 Å². The number of unbranched alkanes of at least 4 members (excludes halogenated alkanes) is 16. The van der Waals surface area contributed by atoms with Gasteiger partial charge in [-0.05, 0) is 55.3 Å². The van der Waals surface area contributed by atoms with E-state index in [0.29, 0.717) is 31.3 Å². The molecule has 0 unspecified atom stereocenters. The lowest BCUT2D eigenvalue weighted by Gasteiger charge is -2.36. The first-order valence-electron chi connectivity index (χ1n) is 21.2. The van der Waals surface area contributed by atoms with E-state index in [9.17, 15) is 9.59 Å². The maximum Gasteiger partial charge on any atom is 0.422 e. The third-order valence-electron chi connectivity index (χ3n) is 11.0. The second-order valence-corrected chi connectivity index (χ2v) is 15.2. The molecular weight excluding hydrogens is 661 g/mol. The van der Waals surface area contributed by atoms with Crippen molar-refractivity contribution in [1.29, 1.82) is 0 Å². The van der Waals surface area contributed by atoms with Crippen LogP contribution in [0.5, 0.6) is 5.88 Å². The van der Waals surface area contributed by atoms with Crippen LogP contribution in [0.15, 0.2) is 54.6 Å². The van der Waals surface area contributed by atoms with Gasteiger partial charge in [0.25, 0.3) is 0 Å². The zero-order valence-electron chi connectivity index (χ0n) is 32.7. The third kappa shape index (κ3) is 13.3. The SMILES string of the molecule is CCCCCCCCCCCCCCCCCCOC(=O)N1C(=O)CCc2ccc(OCCCCN3CCN(c4cccc5ccccc45)CC3)nc21. The Hall–Kier alpha value is -3.65. The Labute approximate surface area is 319 Å². The Balaban J connectivity index is 0.915. The summed E-state index contributed by atoms with van der Waals surface area (Å²) in [5.41, 5.74) is 2.21. The number of benzene rings is 2. The summed E-state index contributed by atoms with van der Waals surface area (Å²) in [6.45, 7) is 8.34. The van der Waals surface area contributed by atoms with Gasteiger partial charge in [0.05, 0.1) is 13.2 Å². The molecule has 53 heavy (non-hydrogen) atoms. The summed E-state index contributed by atoms with van der Waals surface area (Å²) in [6.07, 6.45) is 22.9. The molecule has 2 amide bonds.